The van der Waals surface area contributed by atoms with Crippen LogP contribution in [0.25, 0.3) is 0 Å². The van der Waals surface area contributed by atoms with Gasteiger partial charge in [-0.3, -0.25) is 4.79 Å². The molecule has 1 aliphatic carbocycles. The Morgan fingerprint density at radius 1 is 1.14 bits per heavy atom. The minimum Gasteiger partial charge on any atom is -0.346 e. The second-order valence-electron chi connectivity index (χ2n) is 5.41. The van der Waals surface area contributed by atoms with E-state index in [4.69, 9.17) is 11.6 Å². The molecule has 0 aliphatic heterocycles. The van der Waals surface area contributed by atoms with Crippen LogP contribution in [0.15, 0.2) is 53.0 Å². The first-order valence-electron chi connectivity index (χ1n) is 6.90. The predicted octanol–water partition coefficient (Wildman–Crippen LogP) is 4.45. The van der Waals surface area contributed by atoms with Crippen molar-refractivity contribution in [3.63, 3.8) is 0 Å². The Bertz CT molecular complexity index is 665. The first kappa shape index (κ1) is 14.6. The van der Waals surface area contributed by atoms with E-state index in [9.17, 15) is 4.79 Å². The highest BCUT2D eigenvalue weighted by Gasteiger charge is 2.45. The van der Waals surface area contributed by atoms with Gasteiger partial charge in [0.15, 0.2) is 0 Å². The van der Waals surface area contributed by atoms with Crippen molar-refractivity contribution in [2.45, 2.75) is 24.8 Å². The van der Waals surface area contributed by atoms with Gasteiger partial charge >= 0.3 is 0 Å². The van der Waals surface area contributed by atoms with Crippen molar-refractivity contribution < 1.29 is 4.79 Å². The number of hydrogen-bond acceptors (Lipinski definition) is 1. The van der Waals surface area contributed by atoms with Crippen LogP contribution < -0.4 is 5.32 Å². The number of carbonyl (C=O) groups is 1. The van der Waals surface area contributed by atoms with E-state index < -0.39 is 0 Å². The first-order valence-corrected chi connectivity index (χ1v) is 8.07. The topological polar surface area (TPSA) is 29.1 Å². The number of carbonyl (C=O) groups excluding carboxylic acids is 1. The van der Waals surface area contributed by atoms with Crippen LogP contribution in [0, 0.1) is 0 Å². The van der Waals surface area contributed by atoms with Gasteiger partial charge in [0.05, 0.1) is 12.0 Å². The lowest BCUT2D eigenvalue weighted by molar-refractivity contribution is -0.121. The van der Waals surface area contributed by atoms with Crippen molar-refractivity contribution in [3.05, 3.63) is 69.2 Å². The van der Waals surface area contributed by atoms with E-state index >= 15 is 0 Å². The maximum atomic E-state index is 12.3. The number of halogens is 2. The number of nitrogens with one attached hydrogen (secondary N) is 1. The van der Waals surface area contributed by atoms with Crippen LogP contribution in [-0.4, -0.2) is 5.91 Å². The summed E-state index contributed by atoms with van der Waals surface area (Å²) in [4.78, 5) is 12.3. The lowest BCUT2D eigenvalue weighted by Gasteiger charge is -2.18. The summed E-state index contributed by atoms with van der Waals surface area (Å²) in [7, 11) is 0. The third kappa shape index (κ3) is 3.30. The molecule has 4 heteroatoms. The van der Waals surface area contributed by atoms with Crippen LogP contribution in [0.2, 0.25) is 5.02 Å². The van der Waals surface area contributed by atoms with Crippen molar-refractivity contribution in [1.82, 2.24) is 5.32 Å². The molecule has 0 heterocycles. The fraction of sp³-hybridized carbons (Fsp3) is 0.235. The molecule has 1 aliphatic rings. The van der Waals surface area contributed by atoms with E-state index in [0.717, 1.165) is 28.4 Å². The summed E-state index contributed by atoms with van der Waals surface area (Å²) in [5.41, 5.74) is 1.94. The molecule has 1 N–H and O–H groups in total. The lowest BCUT2D eigenvalue weighted by Crippen LogP contribution is -2.35. The Hall–Kier alpha value is -1.32. The Kier molecular flexibility index (Phi) is 4.05. The summed E-state index contributed by atoms with van der Waals surface area (Å²) in [5.74, 6) is 0.0503. The summed E-state index contributed by atoms with van der Waals surface area (Å²) in [6.45, 7) is 0. The van der Waals surface area contributed by atoms with Crippen LogP contribution >= 0.6 is 27.5 Å². The largest absolute Gasteiger partial charge is 0.346 e. The van der Waals surface area contributed by atoms with E-state index in [2.05, 4.69) is 21.2 Å². The lowest BCUT2D eigenvalue weighted by atomic mass is 10.0. The van der Waals surface area contributed by atoms with E-state index in [1.165, 1.54) is 0 Å². The molecule has 3 rings (SSSR count). The second-order valence-corrected chi connectivity index (χ2v) is 6.70. The van der Waals surface area contributed by atoms with E-state index in [0.29, 0.717) is 11.4 Å². The quantitative estimate of drug-likeness (QED) is 0.853. The SMILES string of the molecule is O=C(Cc1ccccc1Br)NC1(c2ccc(Cl)cc2)CC1. The van der Waals surface area contributed by atoms with Gasteiger partial charge in [-0.2, -0.15) is 0 Å². The van der Waals surface area contributed by atoms with Gasteiger partial charge in [0.1, 0.15) is 0 Å². The molecule has 2 aromatic carbocycles. The number of rotatable bonds is 4. The molecule has 0 bridgehead atoms. The van der Waals surface area contributed by atoms with Crippen molar-refractivity contribution in [3.8, 4) is 0 Å². The van der Waals surface area contributed by atoms with Gasteiger partial charge < -0.3 is 5.32 Å². The highest BCUT2D eigenvalue weighted by molar-refractivity contribution is 9.10. The van der Waals surface area contributed by atoms with Crippen molar-refractivity contribution in [2.75, 3.05) is 0 Å². The molecule has 2 nitrogen and oxygen atoms in total. The van der Waals surface area contributed by atoms with Gasteiger partial charge in [-0.15, -0.1) is 0 Å². The Balaban J connectivity index is 1.70. The standard InChI is InChI=1S/C17H15BrClNO/c18-15-4-2-1-3-12(15)11-16(21)20-17(9-10-17)13-5-7-14(19)8-6-13/h1-8H,9-11H2,(H,20,21). The Morgan fingerprint density at radius 2 is 1.81 bits per heavy atom. The van der Waals surface area contributed by atoms with Crippen LogP contribution in [0.1, 0.15) is 24.0 Å². The third-order valence-corrected chi connectivity index (χ3v) is 4.86. The molecular weight excluding hydrogens is 350 g/mol. The van der Waals surface area contributed by atoms with Gasteiger partial charge in [0, 0.05) is 9.50 Å². The smallest absolute Gasteiger partial charge is 0.225 e. The van der Waals surface area contributed by atoms with Gasteiger partial charge in [-0.05, 0) is 42.2 Å². The molecule has 0 saturated heterocycles. The van der Waals surface area contributed by atoms with Gasteiger partial charge in [0.2, 0.25) is 5.91 Å². The van der Waals surface area contributed by atoms with Gasteiger partial charge in [-0.1, -0.05) is 57.9 Å². The minimum absolute atomic E-state index is 0.0503. The summed E-state index contributed by atoms with van der Waals surface area (Å²) in [5, 5.41) is 3.89. The van der Waals surface area contributed by atoms with Crippen LogP contribution in [0.5, 0.6) is 0 Å². The molecule has 1 fully saturated rings. The Morgan fingerprint density at radius 3 is 2.43 bits per heavy atom. The molecule has 1 amide bonds. The summed E-state index contributed by atoms with van der Waals surface area (Å²) in [6.07, 6.45) is 2.35. The monoisotopic (exact) mass is 363 g/mol. The Labute approximate surface area is 137 Å². The zero-order valence-electron chi connectivity index (χ0n) is 11.4. The highest BCUT2D eigenvalue weighted by Crippen LogP contribution is 2.45. The second kappa shape index (κ2) is 5.82. The number of hydrogen-bond donors (Lipinski definition) is 1. The number of benzene rings is 2. The van der Waals surface area contributed by atoms with Gasteiger partial charge in [0.25, 0.3) is 0 Å². The molecule has 0 spiro atoms. The molecule has 2 aromatic rings. The van der Waals surface area contributed by atoms with E-state index in [1.54, 1.807) is 0 Å². The molecule has 108 valence electrons. The molecule has 0 atom stereocenters. The number of amides is 1. The highest BCUT2D eigenvalue weighted by atomic mass is 79.9. The van der Waals surface area contributed by atoms with Crippen molar-refractivity contribution in [1.29, 1.82) is 0 Å². The van der Waals surface area contributed by atoms with Crippen molar-refractivity contribution >= 4 is 33.4 Å². The normalized spacial score (nSPS) is 15.5. The van der Waals surface area contributed by atoms with E-state index in [1.807, 2.05) is 48.5 Å². The third-order valence-electron chi connectivity index (χ3n) is 3.83. The van der Waals surface area contributed by atoms with Gasteiger partial charge in [-0.25, -0.2) is 0 Å². The molecule has 0 aromatic heterocycles. The fourth-order valence-corrected chi connectivity index (χ4v) is 3.06. The fourth-order valence-electron chi connectivity index (χ4n) is 2.51. The van der Waals surface area contributed by atoms with Crippen molar-refractivity contribution in [2.24, 2.45) is 0 Å². The van der Waals surface area contributed by atoms with Crippen LogP contribution in [0.4, 0.5) is 0 Å². The zero-order chi connectivity index (χ0) is 14.9. The first-order chi connectivity index (χ1) is 10.1. The maximum Gasteiger partial charge on any atom is 0.225 e. The summed E-state index contributed by atoms with van der Waals surface area (Å²) in [6, 6.07) is 15.5. The molecule has 21 heavy (non-hydrogen) atoms. The molecule has 1 saturated carbocycles. The predicted molar refractivity (Wildman–Crippen MR) is 88.4 cm³/mol. The summed E-state index contributed by atoms with van der Waals surface area (Å²) >= 11 is 9.40. The summed E-state index contributed by atoms with van der Waals surface area (Å²) < 4.78 is 0.969. The van der Waals surface area contributed by atoms with E-state index in [-0.39, 0.29) is 11.4 Å². The molecule has 0 radical (unpaired) electrons. The zero-order valence-corrected chi connectivity index (χ0v) is 13.7. The minimum atomic E-state index is -0.192. The van der Waals surface area contributed by atoms with Crippen LogP contribution in [0.3, 0.4) is 0 Å². The van der Waals surface area contributed by atoms with Crippen LogP contribution in [-0.2, 0) is 16.8 Å². The average Bonchev–Trinajstić information content (AvgIpc) is 3.23. The average molecular weight is 365 g/mol. The molecular formula is C17H15BrClNO. The maximum absolute atomic E-state index is 12.3. The molecule has 0 unspecified atom stereocenters.